The molecule has 1 heterocycles. The highest BCUT2D eigenvalue weighted by Crippen LogP contribution is 2.21. The van der Waals surface area contributed by atoms with E-state index in [2.05, 4.69) is 9.71 Å². The first kappa shape index (κ1) is 17.6. The quantitative estimate of drug-likeness (QED) is 0.694. The maximum atomic E-state index is 12.4. The first-order chi connectivity index (χ1) is 11.9. The lowest BCUT2D eigenvalue weighted by molar-refractivity contribution is 0.593. The van der Waals surface area contributed by atoms with Crippen LogP contribution >= 0.6 is 11.3 Å². The van der Waals surface area contributed by atoms with Crippen LogP contribution in [0.5, 0.6) is 0 Å². The normalized spacial score (nSPS) is 12.0. The van der Waals surface area contributed by atoms with Gasteiger partial charge in [0, 0.05) is 11.6 Å². The van der Waals surface area contributed by atoms with Crippen LogP contribution in [0, 0.1) is 0 Å². The van der Waals surface area contributed by atoms with E-state index in [1.807, 2.05) is 6.07 Å². The van der Waals surface area contributed by atoms with Crippen molar-refractivity contribution in [3.63, 3.8) is 0 Å². The van der Waals surface area contributed by atoms with Crippen LogP contribution in [-0.4, -0.2) is 21.8 Å². The number of benzene rings is 2. The van der Waals surface area contributed by atoms with Crippen molar-refractivity contribution in [1.82, 2.24) is 4.98 Å². The summed E-state index contributed by atoms with van der Waals surface area (Å²) in [5.74, 6) is -0.142. The van der Waals surface area contributed by atoms with Gasteiger partial charge in [0.25, 0.3) is 10.0 Å². The number of thiazole rings is 1. The summed E-state index contributed by atoms with van der Waals surface area (Å²) in [6.45, 7) is 0. The van der Waals surface area contributed by atoms with Gasteiger partial charge in [-0.15, -0.1) is 11.3 Å². The van der Waals surface area contributed by atoms with E-state index in [9.17, 15) is 16.8 Å². The van der Waals surface area contributed by atoms with Crippen LogP contribution in [0.25, 0.3) is 0 Å². The third-order valence-electron chi connectivity index (χ3n) is 3.35. The standard InChI is InChI=1S/C16H14N2O4S3/c19-24(20,12-13-4-2-1-3-5-13)14-6-8-15(9-7-14)25(21,22)18-16-17-10-11-23-16/h1-11H,12H2,(H,17,18). The van der Waals surface area contributed by atoms with E-state index in [1.165, 1.54) is 30.5 Å². The number of anilines is 1. The minimum Gasteiger partial charge on any atom is -0.255 e. The Labute approximate surface area is 150 Å². The molecule has 0 spiro atoms. The molecule has 0 bridgehead atoms. The molecule has 0 aliphatic rings. The molecule has 1 N–H and O–H groups in total. The van der Waals surface area contributed by atoms with Crippen LogP contribution in [0.1, 0.15) is 5.56 Å². The van der Waals surface area contributed by atoms with Gasteiger partial charge in [0.15, 0.2) is 15.0 Å². The lowest BCUT2D eigenvalue weighted by atomic mass is 10.2. The minimum absolute atomic E-state index is 0.0265. The second kappa shape index (κ2) is 6.95. The van der Waals surface area contributed by atoms with Gasteiger partial charge in [0.05, 0.1) is 15.5 Å². The number of hydrogen-bond donors (Lipinski definition) is 1. The molecule has 0 fully saturated rings. The van der Waals surface area contributed by atoms with Gasteiger partial charge in [-0.3, -0.25) is 4.72 Å². The van der Waals surface area contributed by atoms with Gasteiger partial charge in [-0.25, -0.2) is 21.8 Å². The molecule has 0 aliphatic carbocycles. The first-order valence-corrected chi connectivity index (χ1v) is 11.2. The predicted molar refractivity (Wildman–Crippen MR) is 96.7 cm³/mol. The van der Waals surface area contributed by atoms with Gasteiger partial charge in [-0.05, 0) is 29.8 Å². The second-order valence-electron chi connectivity index (χ2n) is 5.16. The van der Waals surface area contributed by atoms with E-state index in [0.29, 0.717) is 5.56 Å². The SMILES string of the molecule is O=S(=O)(Cc1ccccc1)c1ccc(S(=O)(=O)Nc2nccs2)cc1. The number of rotatable bonds is 6. The highest BCUT2D eigenvalue weighted by molar-refractivity contribution is 7.93. The Kier molecular flexibility index (Phi) is 4.89. The molecule has 0 saturated carbocycles. The lowest BCUT2D eigenvalue weighted by Gasteiger charge is -2.08. The second-order valence-corrected chi connectivity index (χ2v) is 9.73. The Morgan fingerprint density at radius 1 is 0.880 bits per heavy atom. The van der Waals surface area contributed by atoms with Crippen LogP contribution < -0.4 is 4.72 Å². The monoisotopic (exact) mass is 394 g/mol. The largest absolute Gasteiger partial charge is 0.263 e. The summed E-state index contributed by atoms with van der Waals surface area (Å²) < 4.78 is 51.7. The topological polar surface area (TPSA) is 93.2 Å². The number of hydrogen-bond acceptors (Lipinski definition) is 6. The maximum absolute atomic E-state index is 12.4. The highest BCUT2D eigenvalue weighted by atomic mass is 32.2. The molecule has 0 atom stereocenters. The lowest BCUT2D eigenvalue weighted by Crippen LogP contribution is -2.13. The van der Waals surface area contributed by atoms with Crippen molar-refractivity contribution in [2.45, 2.75) is 15.5 Å². The van der Waals surface area contributed by atoms with Gasteiger partial charge >= 0.3 is 0 Å². The summed E-state index contributed by atoms with van der Waals surface area (Å²) in [4.78, 5) is 3.91. The fourth-order valence-corrected chi connectivity index (χ4v) is 5.29. The van der Waals surface area contributed by atoms with E-state index in [0.717, 1.165) is 11.3 Å². The van der Waals surface area contributed by atoms with Crippen LogP contribution in [-0.2, 0) is 25.6 Å². The van der Waals surface area contributed by atoms with Gasteiger partial charge in [-0.2, -0.15) is 0 Å². The molecule has 2 aromatic carbocycles. The molecule has 9 heteroatoms. The number of sulfonamides is 1. The highest BCUT2D eigenvalue weighted by Gasteiger charge is 2.19. The molecule has 0 saturated heterocycles. The molecule has 6 nitrogen and oxygen atoms in total. The van der Waals surface area contributed by atoms with Crippen molar-refractivity contribution >= 4 is 36.3 Å². The molecule has 3 rings (SSSR count). The molecule has 0 amide bonds. The average Bonchev–Trinajstić information content (AvgIpc) is 3.08. The Morgan fingerprint density at radius 2 is 1.52 bits per heavy atom. The Balaban J connectivity index is 1.82. The number of nitrogens with one attached hydrogen (secondary N) is 1. The molecule has 0 radical (unpaired) electrons. The van der Waals surface area contributed by atoms with Crippen molar-refractivity contribution in [1.29, 1.82) is 0 Å². The van der Waals surface area contributed by atoms with E-state index in [4.69, 9.17) is 0 Å². The van der Waals surface area contributed by atoms with E-state index in [-0.39, 0.29) is 20.7 Å². The maximum Gasteiger partial charge on any atom is 0.263 e. The van der Waals surface area contributed by atoms with Crippen LogP contribution in [0.4, 0.5) is 5.13 Å². The molecule has 130 valence electrons. The summed E-state index contributed by atoms with van der Waals surface area (Å²) in [6.07, 6.45) is 1.49. The Morgan fingerprint density at radius 3 is 2.12 bits per heavy atom. The van der Waals surface area contributed by atoms with Crippen molar-refractivity contribution in [3.05, 3.63) is 71.7 Å². The number of nitrogens with zero attached hydrogens (tertiary/aromatic N) is 1. The van der Waals surface area contributed by atoms with Crippen molar-refractivity contribution in [2.75, 3.05) is 4.72 Å². The predicted octanol–water partition coefficient (Wildman–Crippen LogP) is 2.92. The fraction of sp³-hybridized carbons (Fsp3) is 0.0625. The van der Waals surface area contributed by atoms with Gasteiger partial charge in [0.1, 0.15) is 0 Å². The van der Waals surface area contributed by atoms with Gasteiger partial charge in [0.2, 0.25) is 0 Å². The number of aromatic nitrogens is 1. The van der Waals surface area contributed by atoms with Crippen molar-refractivity contribution in [3.8, 4) is 0 Å². The molecule has 1 aromatic heterocycles. The zero-order chi connectivity index (χ0) is 17.9. The van der Waals surface area contributed by atoms with Crippen LogP contribution in [0.3, 0.4) is 0 Å². The summed E-state index contributed by atoms with van der Waals surface area (Å²) in [7, 11) is -7.35. The minimum atomic E-state index is -3.80. The summed E-state index contributed by atoms with van der Waals surface area (Å²) in [5.41, 5.74) is 0.671. The molecular formula is C16H14N2O4S3. The zero-order valence-corrected chi connectivity index (χ0v) is 15.3. The van der Waals surface area contributed by atoms with Crippen molar-refractivity contribution < 1.29 is 16.8 Å². The molecule has 0 unspecified atom stereocenters. The van der Waals surface area contributed by atoms with Gasteiger partial charge in [-0.1, -0.05) is 30.3 Å². The smallest absolute Gasteiger partial charge is 0.255 e. The third-order valence-corrected chi connectivity index (χ3v) is 7.22. The molecule has 3 aromatic rings. The van der Waals surface area contributed by atoms with Gasteiger partial charge < -0.3 is 0 Å². The average molecular weight is 394 g/mol. The van der Waals surface area contributed by atoms with Crippen LogP contribution in [0.2, 0.25) is 0 Å². The molecule has 25 heavy (non-hydrogen) atoms. The molecule has 0 aliphatic heterocycles. The summed E-state index contributed by atoms with van der Waals surface area (Å²) >= 11 is 1.16. The summed E-state index contributed by atoms with van der Waals surface area (Å²) in [6, 6.07) is 14.0. The molecular weight excluding hydrogens is 380 g/mol. The third kappa shape index (κ3) is 4.25. The van der Waals surface area contributed by atoms with Crippen LogP contribution in [0.15, 0.2) is 76.0 Å². The Hall–Kier alpha value is -2.23. The number of sulfone groups is 1. The Bertz CT molecular complexity index is 1040. The first-order valence-electron chi connectivity index (χ1n) is 7.16. The van der Waals surface area contributed by atoms with E-state index in [1.54, 1.807) is 29.6 Å². The van der Waals surface area contributed by atoms with E-state index >= 15 is 0 Å². The summed E-state index contributed by atoms with van der Waals surface area (Å²) in [5, 5.41) is 1.90. The van der Waals surface area contributed by atoms with Crippen molar-refractivity contribution in [2.24, 2.45) is 0 Å². The fourth-order valence-electron chi connectivity index (χ4n) is 2.15. The van der Waals surface area contributed by atoms with E-state index < -0.39 is 19.9 Å². The zero-order valence-electron chi connectivity index (χ0n) is 12.9.